The highest BCUT2D eigenvalue weighted by Gasteiger charge is 2.27. The molecule has 0 aliphatic carbocycles. The van der Waals surface area contributed by atoms with Gasteiger partial charge in [-0.05, 0) is 6.07 Å². The van der Waals surface area contributed by atoms with Crippen molar-refractivity contribution in [2.45, 2.75) is 12.6 Å². The van der Waals surface area contributed by atoms with Crippen LogP contribution in [-0.4, -0.2) is 40.4 Å². The zero-order chi connectivity index (χ0) is 21.1. The quantitative estimate of drug-likeness (QED) is 0.352. The molecule has 1 atom stereocenters. The van der Waals surface area contributed by atoms with E-state index in [4.69, 9.17) is 9.15 Å². The van der Waals surface area contributed by atoms with Gasteiger partial charge in [-0.1, -0.05) is 30.3 Å². The third kappa shape index (κ3) is 4.15. The minimum Gasteiger partial charge on any atom is -0.446 e. The summed E-state index contributed by atoms with van der Waals surface area (Å²) in [7, 11) is 3.07. The van der Waals surface area contributed by atoms with E-state index >= 15 is 0 Å². The van der Waals surface area contributed by atoms with E-state index < -0.39 is 35.2 Å². The van der Waals surface area contributed by atoms with Gasteiger partial charge in [-0.15, -0.1) is 0 Å². The Bertz CT molecular complexity index is 1130. The average molecular weight is 399 g/mol. The van der Waals surface area contributed by atoms with Crippen molar-refractivity contribution in [2.75, 3.05) is 14.1 Å². The lowest BCUT2D eigenvalue weighted by atomic mass is 10.1. The van der Waals surface area contributed by atoms with Gasteiger partial charge in [-0.2, -0.15) is 0 Å². The van der Waals surface area contributed by atoms with E-state index in [1.807, 2.05) is 0 Å². The lowest BCUT2D eigenvalue weighted by molar-refractivity contribution is -0.384. The van der Waals surface area contributed by atoms with E-state index in [-0.39, 0.29) is 16.8 Å². The lowest BCUT2D eigenvalue weighted by Gasteiger charge is -2.21. The average Bonchev–Trinajstić information content (AvgIpc) is 3.00. The fraction of sp³-hybridized carbons (Fsp3) is 0.211. The predicted molar refractivity (Wildman–Crippen MR) is 101 cm³/mol. The van der Waals surface area contributed by atoms with E-state index in [2.05, 4.69) is 0 Å². The van der Waals surface area contributed by atoms with Crippen LogP contribution in [0.25, 0.3) is 11.1 Å². The van der Waals surface area contributed by atoms with Gasteiger partial charge in [0.25, 0.3) is 11.6 Å². The molecule has 3 aromatic rings. The molecule has 0 bridgehead atoms. The maximum absolute atomic E-state index is 12.5. The Labute approximate surface area is 164 Å². The van der Waals surface area contributed by atoms with Gasteiger partial charge in [0.05, 0.1) is 16.5 Å². The normalized spacial score (nSPS) is 11.8. The molecule has 0 N–H and O–H groups in total. The number of fused-ring (bicyclic) bond motifs is 1. The van der Waals surface area contributed by atoms with Crippen LogP contribution in [0.5, 0.6) is 0 Å². The number of hydrogen-bond acceptors (Lipinski definition) is 7. The Hall–Kier alpha value is -3.95. The molecule has 10 heteroatoms. The van der Waals surface area contributed by atoms with Gasteiger partial charge in [0.1, 0.15) is 6.54 Å². The van der Waals surface area contributed by atoms with Crippen LogP contribution < -0.4 is 5.76 Å². The lowest BCUT2D eigenvalue weighted by Crippen LogP contribution is -2.32. The number of nitro benzene ring substituents is 1. The summed E-state index contributed by atoms with van der Waals surface area (Å²) >= 11 is 0. The largest absolute Gasteiger partial charge is 0.446 e. The third-order valence-corrected chi connectivity index (χ3v) is 4.17. The second-order valence-electron chi connectivity index (χ2n) is 6.38. The zero-order valence-electron chi connectivity index (χ0n) is 15.6. The van der Waals surface area contributed by atoms with Gasteiger partial charge in [0, 0.05) is 25.7 Å². The van der Waals surface area contributed by atoms with Crippen molar-refractivity contribution in [3.63, 3.8) is 0 Å². The molecule has 1 heterocycles. The van der Waals surface area contributed by atoms with Crippen molar-refractivity contribution in [3.8, 4) is 0 Å². The summed E-state index contributed by atoms with van der Waals surface area (Å²) in [6.45, 7) is -0.520. The van der Waals surface area contributed by atoms with Gasteiger partial charge < -0.3 is 14.1 Å². The Balaban J connectivity index is 1.87. The van der Waals surface area contributed by atoms with Crippen molar-refractivity contribution < 1.29 is 23.7 Å². The number of oxazole rings is 1. The molecule has 1 aromatic heterocycles. The predicted octanol–water partition coefficient (Wildman–Crippen LogP) is 1.88. The first-order chi connectivity index (χ1) is 13.8. The van der Waals surface area contributed by atoms with Gasteiger partial charge in [0.15, 0.2) is 5.58 Å². The first-order valence-electron chi connectivity index (χ1n) is 8.51. The summed E-state index contributed by atoms with van der Waals surface area (Å²) in [5, 5.41) is 10.9. The highest BCUT2D eigenvalue weighted by atomic mass is 16.6. The number of ether oxygens (including phenoxy) is 1. The number of carbonyl (C=O) groups excluding carboxylic acids is 2. The van der Waals surface area contributed by atoms with Crippen LogP contribution in [0.2, 0.25) is 0 Å². The van der Waals surface area contributed by atoms with E-state index in [0.717, 1.165) is 10.6 Å². The molecule has 0 saturated carbocycles. The maximum atomic E-state index is 12.5. The van der Waals surface area contributed by atoms with Gasteiger partial charge in [-0.3, -0.25) is 24.3 Å². The summed E-state index contributed by atoms with van der Waals surface area (Å²) in [6.07, 6.45) is -1.17. The minimum absolute atomic E-state index is 0.0269. The number of nitrogens with zero attached hydrogens (tertiary/aromatic N) is 3. The Morgan fingerprint density at radius 3 is 2.52 bits per heavy atom. The van der Waals surface area contributed by atoms with Crippen molar-refractivity contribution in [3.05, 3.63) is 74.8 Å². The SMILES string of the molecule is CN(C)C(=O)C(OC(=O)Cn1c(=O)oc2cc([N+](=O)[O-])ccc21)c1ccccc1. The first kappa shape index (κ1) is 19.8. The molecule has 2 aromatic carbocycles. The molecule has 0 saturated heterocycles. The molecule has 0 aliphatic heterocycles. The fourth-order valence-corrected chi connectivity index (χ4v) is 2.74. The van der Waals surface area contributed by atoms with Crippen LogP contribution in [0, 0.1) is 10.1 Å². The van der Waals surface area contributed by atoms with E-state index in [1.165, 1.54) is 31.1 Å². The van der Waals surface area contributed by atoms with Crippen molar-refractivity contribution in [2.24, 2.45) is 0 Å². The number of esters is 1. The third-order valence-electron chi connectivity index (χ3n) is 4.17. The minimum atomic E-state index is -1.17. The van der Waals surface area contributed by atoms with Gasteiger partial charge >= 0.3 is 11.7 Å². The summed E-state index contributed by atoms with van der Waals surface area (Å²) < 4.78 is 11.3. The number of aromatic nitrogens is 1. The molecule has 10 nitrogen and oxygen atoms in total. The van der Waals surface area contributed by atoms with Crippen molar-refractivity contribution in [1.29, 1.82) is 0 Å². The molecule has 3 rings (SSSR count). The number of amides is 1. The number of rotatable bonds is 6. The molecule has 0 radical (unpaired) electrons. The van der Waals surface area contributed by atoms with Crippen LogP contribution >= 0.6 is 0 Å². The molecule has 0 aliphatic rings. The Morgan fingerprint density at radius 1 is 1.21 bits per heavy atom. The Morgan fingerprint density at radius 2 is 1.90 bits per heavy atom. The topological polar surface area (TPSA) is 125 Å². The van der Waals surface area contributed by atoms with Crippen LogP contribution in [0.15, 0.2) is 57.7 Å². The maximum Gasteiger partial charge on any atom is 0.420 e. The molecule has 0 spiro atoms. The molecule has 1 amide bonds. The highest BCUT2D eigenvalue weighted by molar-refractivity contribution is 5.85. The highest BCUT2D eigenvalue weighted by Crippen LogP contribution is 2.22. The number of carbonyl (C=O) groups is 2. The second-order valence-corrected chi connectivity index (χ2v) is 6.38. The van der Waals surface area contributed by atoms with Gasteiger partial charge in [-0.25, -0.2) is 4.79 Å². The van der Waals surface area contributed by atoms with Crippen molar-refractivity contribution in [1.82, 2.24) is 9.47 Å². The summed E-state index contributed by atoms with van der Waals surface area (Å²) in [5.74, 6) is -2.14. The second kappa shape index (κ2) is 7.97. The molecule has 1 unspecified atom stereocenters. The number of non-ortho nitro benzene ring substituents is 1. The fourth-order valence-electron chi connectivity index (χ4n) is 2.74. The van der Waals surface area contributed by atoms with Crippen LogP contribution in [0.1, 0.15) is 11.7 Å². The van der Waals surface area contributed by atoms with E-state index in [9.17, 15) is 24.5 Å². The molecule has 0 fully saturated rings. The Kier molecular flexibility index (Phi) is 5.44. The number of nitro groups is 1. The number of hydrogen-bond donors (Lipinski definition) is 0. The van der Waals surface area contributed by atoms with Crippen molar-refractivity contribution >= 4 is 28.7 Å². The smallest absolute Gasteiger partial charge is 0.420 e. The van der Waals surface area contributed by atoms with Crippen LogP contribution in [-0.2, 0) is 20.9 Å². The van der Waals surface area contributed by atoms with E-state index in [0.29, 0.717) is 5.56 Å². The van der Waals surface area contributed by atoms with E-state index in [1.54, 1.807) is 30.3 Å². The summed E-state index contributed by atoms with van der Waals surface area (Å²) in [5.41, 5.74) is 0.412. The molecular weight excluding hydrogens is 382 g/mol. The monoisotopic (exact) mass is 399 g/mol. The number of likely N-dealkylation sites (N-methyl/N-ethyl adjacent to an activating group) is 1. The molecule has 29 heavy (non-hydrogen) atoms. The van der Waals surface area contributed by atoms with Gasteiger partial charge in [0.2, 0.25) is 6.10 Å². The molecular formula is C19H17N3O7. The van der Waals surface area contributed by atoms with Crippen LogP contribution in [0.3, 0.4) is 0 Å². The number of benzene rings is 2. The standard InChI is InChI=1S/C19H17N3O7/c1-20(2)18(24)17(12-6-4-3-5-7-12)29-16(23)11-21-14-9-8-13(22(26)27)10-15(14)28-19(21)25/h3-10,17H,11H2,1-2H3. The summed E-state index contributed by atoms with van der Waals surface area (Å²) in [6, 6.07) is 12.1. The first-order valence-corrected chi connectivity index (χ1v) is 8.51. The molecule has 150 valence electrons. The summed E-state index contributed by atoms with van der Waals surface area (Å²) in [4.78, 5) is 48.6. The zero-order valence-corrected chi connectivity index (χ0v) is 15.6. The van der Waals surface area contributed by atoms with Crippen LogP contribution in [0.4, 0.5) is 5.69 Å².